The van der Waals surface area contributed by atoms with Gasteiger partial charge in [0, 0.05) is 22.3 Å². The van der Waals surface area contributed by atoms with Crippen molar-refractivity contribution >= 4 is 23.2 Å². The molecule has 2 aromatic rings. The summed E-state index contributed by atoms with van der Waals surface area (Å²) in [6.45, 7) is 0. The summed E-state index contributed by atoms with van der Waals surface area (Å²) in [5, 5.41) is 0.604. The molecule has 0 spiro atoms. The third kappa shape index (κ3) is 3.73. The van der Waals surface area contributed by atoms with Gasteiger partial charge in [-0.25, -0.2) is 4.39 Å². The van der Waals surface area contributed by atoms with Gasteiger partial charge in [-0.05, 0) is 61.4 Å². The first-order valence-corrected chi connectivity index (χ1v) is 8.37. The molecule has 2 nitrogen and oxygen atoms in total. The molecule has 0 heterocycles. The SMILES string of the molecule is O=C(c1ccc(Cl)cc1)N(c1ccc(F)cc1)C1CCCCC1. The van der Waals surface area contributed by atoms with Crippen LogP contribution in [0.3, 0.4) is 0 Å². The van der Waals surface area contributed by atoms with Gasteiger partial charge in [-0.15, -0.1) is 0 Å². The average molecular weight is 332 g/mol. The third-order valence-electron chi connectivity index (χ3n) is 4.35. The molecule has 1 aliphatic rings. The molecule has 0 aliphatic heterocycles. The first-order chi connectivity index (χ1) is 11.1. The summed E-state index contributed by atoms with van der Waals surface area (Å²) in [6, 6.07) is 13.2. The summed E-state index contributed by atoms with van der Waals surface area (Å²) >= 11 is 5.91. The molecule has 2 aromatic carbocycles. The van der Waals surface area contributed by atoms with Crippen LogP contribution in [0.15, 0.2) is 48.5 Å². The monoisotopic (exact) mass is 331 g/mol. The van der Waals surface area contributed by atoms with E-state index in [2.05, 4.69) is 0 Å². The number of benzene rings is 2. The second-order valence-corrected chi connectivity index (χ2v) is 6.39. The Morgan fingerprint density at radius 3 is 2.17 bits per heavy atom. The number of carbonyl (C=O) groups excluding carboxylic acids is 1. The Balaban J connectivity index is 1.94. The van der Waals surface area contributed by atoms with E-state index in [9.17, 15) is 9.18 Å². The van der Waals surface area contributed by atoms with Gasteiger partial charge in [0.15, 0.2) is 0 Å². The normalized spacial score (nSPS) is 15.4. The maximum atomic E-state index is 13.2. The molecule has 0 unspecified atom stereocenters. The second kappa shape index (κ2) is 7.14. The Labute approximate surface area is 140 Å². The smallest absolute Gasteiger partial charge is 0.258 e. The van der Waals surface area contributed by atoms with E-state index in [0.29, 0.717) is 10.6 Å². The molecule has 0 saturated heterocycles. The summed E-state index contributed by atoms with van der Waals surface area (Å²) in [4.78, 5) is 14.9. The zero-order valence-electron chi connectivity index (χ0n) is 12.8. The van der Waals surface area contributed by atoms with Crippen LogP contribution in [0.25, 0.3) is 0 Å². The highest BCUT2D eigenvalue weighted by molar-refractivity contribution is 6.30. The van der Waals surface area contributed by atoms with E-state index in [-0.39, 0.29) is 17.8 Å². The van der Waals surface area contributed by atoms with Crippen LogP contribution in [0.4, 0.5) is 10.1 Å². The van der Waals surface area contributed by atoms with Crippen molar-refractivity contribution in [3.05, 3.63) is 64.9 Å². The second-order valence-electron chi connectivity index (χ2n) is 5.95. The van der Waals surface area contributed by atoms with Crippen molar-refractivity contribution in [1.82, 2.24) is 0 Å². The molecule has 1 amide bonds. The fourth-order valence-electron chi connectivity index (χ4n) is 3.17. The van der Waals surface area contributed by atoms with Crippen LogP contribution >= 0.6 is 11.6 Å². The van der Waals surface area contributed by atoms with E-state index in [1.165, 1.54) is 18.6 Å². The lowest BCUT2D eigenvalue weighted by atomic mass is 9.93. The van der Waals surface area contributed by atoms with E-state index in [0.717, 1.165) is 31.4 Å². The molecule has 4 heteroatoms. The Morgan fingerprint density at radius 2 is 1.57 bits per heavy atom. The Morgan fingerprint density at radius 1 is 0.957 bits per heavy atom. The topological polar surface area (TPSA) is 20.3 Å². The van der Waals surface area contributed by atoms with Crippen LogP contribution in [0.2, 0.25) is 5.02 Å². The molecular weight excluding hydrogens is 313 g/mol. The number of carbonyl (C=O) groups is 1. The highest BCUT2D eigenvalue weighted by atomic mass is 35.5. The van der Waals surface area contributed by atoms with Gasteiger partial charge in [-0.2, -0.15) is 0 Å². The molecule has 0 aromatic heterocycles. The molecule has 0 radical (unpaired) electrons. The van der Waals surface area contributed by atoms with Crippen molar-refractivity contribution in [2.45, 2.75) is 38.1 Å². The van der Waals surface area contributed by atoms with Gasteiger partial charge in [0.1, 0.15) is 5.82 Å². The highest BCUT2D eigenvalue weighted by Crippen LogP contribution is 2.29. The minimum absolute atomic E-state index is 0.0554. The van der Waals surface area contributed by atoms with Gasteiger partial charge in [0.2, 0.25) is 0 Å². The molecule has 0 bridgehead atoms. The predicted octanol–water partition coefficient (Wildman–Crippen LogP) is 5.46. The van der Waals surface area contributed by atoms with Crippen molar-refractivity contribution < 1.29 is 9.18 Å². The number of rotatable bonds is 3. The lowest BCUT2D eigenvalue weighted by Crippen LogP contribution is -2.41. The van der Waals surface area contributed by atoms with Gasteiger partial charge in [0.25, 0.3) is 5.91 Å². The minimum Gasteiger partial charge on any atom is -0.305 e. The van der Waals surface area contributed by atoms with Crippen molar-refractivity contribution in [2.24, 2.45) is 0 Å². The molecule has 0 atom stereocenters. The summed E-state index contributed by atoms with van der Waals surface area (Å²) in [5.41, 5.74) is 1.35. The number of nitrogens with zero attached hydrogens (tertiary/aromatic N) is 1. The summed E-state index contributed by atoms with van der Waals surface area (Å²) in [7, 11) is 0. The summed E-state index contributed by atoms with van der Waals surface area (Å²) in [5.74, 6) is -0.350. The lowest BCUT2D eigenvalue weighted by Gasteiger charge is -2.34. The van der Waals surface area contributed by atoms with Crippen molar-refractivity contribution in [3.8, 4) is 0 Å². The van der Waals surface area contributed by atoms with Crippen LogP contribution in [-0.4, -0.2) is 11.9 Å². The van der Waals surface area contributed by atoms with Gasteiger partial charge in [0.05, 0.1) is 0 Å². The molecule has 1 fully saturated rings. The molecular formula is C19H19ClFNO. The molecule has 120 valence electrons. The molecule has 3 rings (SSSR count). The largest absolute Gasteiger partial charge is 0.305 e. The van der Waals surface area contributed by atoms with E-state index in [1.807, 2.05) is 4.90 Å². The van der Waals surface area contributed by atoms with Crippen LogP contribution in [-0.2, 0) is 0 Å². The number of anilines is 1. The minimum atomic E-state index is -0.295. The van der Waals surface area contributed by atoms with E-state index in [4.69, 9.17) is 11.6 Å². The Kier molecular flexibility index (Phi) is 4.97. The van der Waals surface area contributed by atoms with Gasteiger partial charge < -0.3 is 4.90 Å². The molecule has 23 heavy (non-hydrogen) atoms. The van der Waals surface area contributed by atoms with Crippen molar-refractivity contribution in [2.75, 3.05) is 4.90 Å². The maximum absolute atomic E-state index is 13.2. The first-order valence-electron chi connectivity index (χ1n) is 8.00. The molecule has 1 saturated carbocycles. The Hall–Kier alpha value is -1.87. The molecule has 1 aliphatic carbocycles. The zero-order chi connectivity index (χ0) is 16.2. The van der Waals surface area contributed by atoms with Crippen LogP contribution < -0.4 is 4.90 Å². The van der Waals surface area contributed by atoms with Gasteiger partial charge >= 0.3 is 0 Å². The van der Waals surface area contributed by atoms with E-state index >= 15 is 0 Å². The van der Waals surface area contributed by atoms with E-state index in [1.54, 1.807) is 36.4 Å². The summed E-state index contributed by atoms with van der Waals surface area (Å²) in [6.07, 6.45) is 5.42. The Bertz CT molecular complexity index is 663. The quantitative estimate of drug-likeness (QED) is 0.731. The number of amides is 1. The molecule has 0 N–H and O–H groups in total. The average Bonchev–Trinajstić information content (AvgIpc) is 2.58. The third-order valence-corrected chi connectivity index (χ3v) is 4.61. The number of hydrogen-bond acceptors (Lipinski definition) is 1. The maximum Gasteiger partial charge on any atom is 0.258 e. The van der Waals surface area contributed by atoms with Crippen LogP contribution in [0.1, 0.15) is 42.5 Å². The van der Waals surface area contributed by atoms with Crippen molar-refractivity contribution in [3.63, 3.8) is 0 Å². The highest BCUT2D eigenvalue weighted by Gasteiger charge is 2.27. The van der Waals surface area contributed by atoms with Crippen LogP contribution in [0.5, 0.6) is 0 Å². The summed E-state index contributed by atoms with van der Waals surface area (Å²) < 4.78 is 13.2. The van der Waals surface area contributed by atoms with Crippen molar-refractivity contribution in [1.29, 1.82) is 0 Å². The fraction of sp³-hybridized carbons (Fsp3) is 0.316. The van der Waals surface area contributed by atoms with Gasteiger partial charge in [-0.1, -0.05) is 30.9 Å². The predicted molar refractivity (Wildman–Crippen MR) is 91.5 cm³/mol. The fourth-order valence-corrected chi connectivity index (χ4v) is 3.29. The number of hydrogen-bond donors (Lipinski definition) is 0. The first kappa shape index (κ1) is 16.0. The van der Waals surface area contributed by atoms with E-state index < -0.39 is 0 Å². The lowest BCUT2D eigenvalue weighted by molar-refractivity contribution is 0.0970. The van der Waals surface area contributed by atoms with Crippen LogP contribution in [0, 0.1) is 5.82 Å². The zero-order valence-corrected chi connectivity index (χ0v) is 13.6. The standard InChI is InChI=1S/C19H19ClFNO/c20-15-8-6-14(7-9-15)19(23)22(17-4-2-1-3-5-17)18-12-10-16(21)11-13-18/h6-13,17H,1-5H2. The van der Waals surface area contributed by atoms with Gasteiger partial charge in [-0.3, -0.25) is 4.79 Å². The number of halogens is 2.